The van der Waals surface area contributed by atoms with Crippen molar-refractivity contribution in [1.82, 2.24) is 10.2 Å². The fourth-order valence-corrected chi connectivity index (χ4v) is 2.61. The van der Waals surface area contributed by atoms with E-state index in [4.69, 9.17) is 0 Å². The molecular weight excluding hydrogens is 208 g/mol. The standard InChI is InChI=1S/C15H32N2/c1-13(15(2,3)4)17(5)12-11-16-14-9-7-6-8-10-14/h13-14,16H,6-12H2,1-5H3. The summed E-state index contributed by atoms with van der Waals surface area (Å²) in [7, 11) is 2.25. The Kier molecular flexibility index (Phi) is 5.94. The molecule has 0 heterocycles. The Balaban J connectivity index is 2.17. The first-order valence-electron chi connectivity index (χ1n) is 7.35. The van der Waals surface area contributed by atoms with E-state index in [1.807, 2.05) is 0 Å². The molecule has 0 aromatic carbocycles. The lowest BCUT2D eigenvalue weighted by atomic mass is 9.87. The number of likely N-dealkylation sites (N-methyl/N-ethyl adjacent to an activating group) is 1. The van der Waals surface area contributed by atoms with Crippen molar-refractivity contribution in [2.45, 2.75) is 71.9 Å². The Bertz CT molecular complexity index is 201. The van der Waals surface area contributed by atoms with E-state index in [9.17, 15) is 0 Å². The first-order chi connectivity index (χ1) is 7.91. The molecule has 1 aliphatic carbocycles. The Morgan fingerprint density at radius 1 is 1.18 bits per heavy atom. The van der Waals surface area contributed by atoms with Gasteiger partial charge in [-0.05, 0) is 32.2 Å². The monoisotopic (exact) mass is 240 g/mol. The zero-order chi connectivity index (χ0) is 12.9. The molecule has 2 heteroatoms. The topological polar surface area (TPSA) is 15.3 Å². The quantitative estimate of drug-likeness (QED) is 0.793. The van der Waals surface area contributed by atoms with Crippen molar-refractivity contribution in [2.24, 2.45) is 5.41 Å². The molecule has 0 bridgehead atoms. The fourth-order valence-electron chi connectivity index (χ4n) is 2.61. The molecule has 1 aliphatic rings. The summed E-state index contributed by atoms with van der Waals surface area (Å²) in [6.45, 7) is 11.6. The molecule has 17 heavy (non-hydrogen) atoms. The lowest BCUT2D eigenvalue weighted by molar-refractivity contribution is 0.140. The van der Waals surface area contributed by atoms with Crippen molar-refractivity contribution in [2.75, 3.05) is 20.1 Å². The van der Waals surface area contributed by atoms with Crippen LogP contribution in [-0.2, 0) is 0 Å². The number of hydrogen-bond acceptors (Lipinski definition) is 2. The summed E-state index contributed by atoms with van der Waals surface area (Å²) in [5.74, 6) is 0. The Morgan fingerprint density at radius 2 is 1.76 bits per heavy atom. The van der Waals surface area contributed by atoms with E-state index in [2.05, 4.69) is 45.0 Å². The van der Waals surface area contributed by atoms with Crippen LogP contribution in [0.15, 0.2) is 0 Å². The van der Waals surface area contributed by atoms with Gasteiger partial charge in [0.25, 0.3) is 0 Å². The van der Waals surface area contributed by atoms with Gasteiger partial charge >= 0.3 is 0 Å². The summed E-state index contributed by atoms with van der Waals surface area (Å²) in [5.41, 5.74) is 0.375. The highest BCUT2D eigenvalue weighted by atomic mass is 15.1. The number of rotatable bonds is 5. The minimum absolute atomic E-state index is 0.375. The molecule has 0 aromatic heterocycles. The average molecular weight is 240 g/mol. The van der Waals surface area contributed by atoms with Gasteiger partial charge in [0.15, 0.2) is 0 Å². The molecule has 1 atom stereocenters. The van der Waals surface area contributed by atoms with Gasteiger partial charge in [-0.15, -0.1) is 0 Å². The summed E-state index contributed by atoms with van der Waals surface area (Å²) >= 11 is 0. The maximum absolute atomic E-state index is 3.72. The Hall–Kier alpha value is -0.0800. The maximum atomic E-state index is 3.72. The minimum atomic E-state index is 0.375. The van der Waals surface area contributed by atoms with Crippen LogP contribution < -0.4 is 5.32 Å². The molecule has 0 spiro atoms. The van der Waals surface area contributed by atoms with Crippen molar-refractivity contribution < 1.29 is 0 Å². The molecule has 1 fully saturated rings. The molecule has 1 unspecified atom stereocenters. The summed E-state index contributed by atoms with van der Waals surface area (Å²) in [4.78, 5) is 2.48. The first-order valence-corrected chi connectivity index (χ1v) is 7.35. The maximum Gasteiger partial charge on any atom is 0.0113 e. The average Bonchev–Trinajstić information content (AvgIpc) is 2.28. The lowest BCUT2D eigenvalue weighted by Crippen LogP contribution is -2.44. The third-order valence-corrected chi connectivity index (χ3v) is 4.42. The molecule has 0 amide bonds. The number of hydrogen-bond donors (Lipinski definition) is 1. The molecule has 102 valence electrons. The van der Waals surface area contributed by atoms with Gasteiger partial charge in [-0.25, -0.2) is 0 Å². The third-order valence-electron chi connectivity index (χ3n) is 4.42. The molecule has 2 nitrogen and oxygen atoms in total. The van der Waals surface area contributed by atoms with Crippen LogP contribution in [0.1, 0.15) is 59.8 Å². The van der Waals surface area contributed by atoms with Crippen LogP contribution in [0.25, 0.3) is 0 Å². The fraction of sp³-hybridized carbons (Fsp3) is 1.00. The predicted molar refractivity (Wildman–Crippen MR) is 76.4 cm³/mol. The van der Waals surface area contributed by atoms with Gasteiger partial charge in [-0.3, -0.25) is 0 Å². The van der Waals surface area contributed by atoms with Crippen LogP contribution >= 0.6 is 0 Å². The van der Waals surface area contributed by atoms with Crippen molar-refractivity contribution in [3.63, 3.8) is 0 Å². The normalized spacial score (nSPS) is 20.8. The van der Waals surface area contributed by atoms with Crippen molar-refractivity contribution in [3.05, 3.63) is 0 Å². The smallest absolute Gasteiger partial charge is 0.0113 e. The highest BCUT2D eigenvalue weighted by molar-refractivity contribution is 4.78. The Labute approximate surface area is 108 Å². The van der Waals surface area contributed by atoms with Crippen LogP contribution in [0.2, 0.25) is 0 Å². The van der Waals surface area contributed by atoms with Crippen LogP contribution in [-0.4, -0.2) is 37.1 Å². The summed E-state index contributed by atoms with van der Waals surface area (Å²) in [6, 6.07) is 1.43. The molecule has 0 radical (unpaired) electrons. The zero-order valence-electron chi connectivity index (χ0n) is 12.6. The molecule has 0 aliphatic heterocycles. The van der Waals surface area contributed by atoms with Crippen molar-refractivity contribution in [3.8, 4) is 0 Å². The minimum Gasteiger partial charge on any atom is -0.313 e. The summed E-state index contributed by atoms with van der Waals surface area (Å²) < 4.78 is 0. The van der Waals surface area contributed by atoms with Crippen molar-refractivity contribution in [1.29, 1.82) is 0 Å². The number of nitrogens with zero attached hydrogens (tertiary/aromatic N) is 1. The van der Waals surface area contributed by atoms with E-state index in [0.29, 0.717) is 11.5 Å². The van der Waals surface area contributed by atoms with Gasteiger partial charge in [-0.1, -0.05) is 40.0 Å². The van der Waals surface area contributed by atoms with E-state index < -0.39 is 0 Å². The van der Waals surface area contributed by atoms with E-state index >= 15 is 0 Å². The van der Waals surface area contributed by atoms with Crippen LogP contribution in [0.4, 0.5) is 0 Å². The van der Waals surface area contributed by atoms with Gasteiger partial charge in [0, 0.05) is 25.2 Å². The van der Waals surface area contributed by atoms with Gasteiger partial charge in [0.05, 0.1) is 0 Å². The number of nitrogens with one attached hydrogen (secondary N) is 1. The SMILES string of the molecule is CC(N(C)CCNC1CCCCC1)C(C)(C)C. The molecule has 0 aromatic rings. The molecular formula is C15H32N2. The van der Waals surface area contributed by atoms with E-state index in [0.717, 1.165) is 19.1 Å². The summed E-state index contributed by atoms with van der Waals surface area (Å²) in [5, 5.41) is 3.72. The summed E-state index contributed by atoms with van der Waals surface area (Å²) in [6.07, 6.45) is 7.06. The molecule has 1 N–H and O–H groups in total. The molecule has 0 saturated heterocycles. The zero-order valence-corrected chi connectivity index (χ0v) is 12.6. The Morgan fingerprint density at radius 3 is 2.29 bits per heavy atom. The van der Waals surface area contributed by atoms with Gasteiger partial charge in [0.1, 0.15) is 0 Å². The van der Waals surface area contributed by atoms with E-state index in [1.165, 1.54) is 32.1 Å². The second-order valence-corrected chi connectivity index (χ2v) is 6.81. The first kappa shape index (κ1) is 15.0. The van der Waals surface area contributed by atoms with E-state index in [-0.39, 0.29) is 0 Å². The van der Waals surface area contributed by atoms with Gasteiger partial charge in [-0.2, -0.15) is 0 Å². The van der Waals surface area contributed by atoms with Gasteiger partial charge in [0.2, 0.25) is 0 Å². The highest BCUT2D eigenvalue weighted by Gasteiger charge is 2.23. The van der Waals surface area contributed by atoms with Crippen LogP contribution in [0.3, 0.4) is 0 Å². The third kappa shape index (κ3) is 5.39. The highest BCUT2D eigenvalue weighted by Crippen LogP contribution is 2.22. The predicted octanol–water partition coefficient (Wildman–Crippen LogP) is 3.28. The molecule has 1 rings (SSSR count). The molecule has 1 saturated carbocycles. The largest absolute Gasteiger partial charge is 0.313 e. The van der Waals surface area contributed by atoms with Crippen molar-refractivity contribution >= 4 is 0 Å². The lowest BCUT2D eigenvalue weighted by Gasteiger charge is -2.36. The second kappa shape index (κ2) is 6.75. The second-order valence-electron chi connectivity index (χ2n) is 6.81. The van der Waals surface area contributed by atoms with Crippen LogP contribution in [0, 0.1) is 5.41 Å². The van der Waals surface area contributed by atoms with Gasteiger partial charge < -0.3 is 10.2 Å². The van der Waals surface area contributed by atoms with Crippen LogP contribution in [0.5, 0.6) is 0 Å². The van der Waals surface area contributed by atoms with E-state index in [1.54, 1.807) is 0 Å².